The van der Waals surface area contributed by atoms with Crippen molar-refractivity contribution in [1.29, 1.82) is 0 Å². The van der Waals surface area contributed by atoms with Crippen LogP contribution in [0.5, 0.6) is 0 Å². The molecule has 2 N–H and O–H groups in total. The average molecular weight is 411 g/mol. The predicted molar refractivity (Wildman–Crippen MR) is 122 cm³/mol. The highest BCUT2D eigenvalue weighted by Gasteiger charge is 2.33. The maximum absolute atomic E-state index is 11.4. The van der Waals surface area contributed by atoms with E-state index in [1.54, 1.807) is 11.8 Å². The second-order valence-corrected chi connectivity index (χ2v) is 8.71. The molecule has 1 aliphatic rings. The number of aliphatic hydroxyl groups excluding tert-OH is 1. The Labute approximate surface area is 179 Å². The highest BCUT2D eigenvalue weighted by atomic mass is 16.4. The van der Waals surface area contributed by atoms with Crippen LogP contribution in [0, 0.1) is 0 Å². The smallest absolute Gasteiger partial charge is 0.329 e. The van der Waals surface area contributed by atoms with Crippen molar-refractivity contribution in [3.63, 3.8) is 0 Å². The van der Waals surface area contributed by atoms with Crippen LogP contribution in [0.2, 0.25) is 0 Å². The van der Waals surface area contributed by atoms with E-state index in [1.807, 2.05) is 0 Å². The standard InChI is InChI=1S/C24H46N2O3/c1-3-4-5-6-7-8-9-10-11-12-13-14-15-16-17-18-22-25-19-20-26(22)23(21(2)27)24(28)29/h21,23,27H,3-20H2,1-2H3,(H,28,29). The molecule has 1 rings (SSSR count). The molecule has 0 radical (unpaired) electrons. The van der Waals surface area contributed by atoms with Gasteiger partial charge >= 0.3 is 5.97 Å². The van der Waals surface area contributed by atoms with Crippen LogP contribution >= 0.6 is 0 Å². The fourth-order valence-electron chi connectivity index (χ4n) is 4.28. The van der Waals surface area contributed by atoms with Gasteiger partial charge in [-0.15, -0.1) is 0 Å². The normalized spacial score (nSPS) is 16.1. The maximum atomic E-state index is 11.4. The van der Waals surface area contributed by atoms with Gasteiger partial charge in [-0.1, -0.05) is 96.8 Å². The number of aliphatic hydroxyl groups is 1. The summed E-state index contributed by atoms with van der Waals surface area (Å²) in [5, 5.41) is 19.2. The fourth-order valence-corrected chi connectivity index (χ4v) is 4.28. The number of hydrogen-bond donors (Lipinski definition) is 2. The molecule has 29 heavy (non-hydrogen) atoms. The van der Waals surface area contributed by atoms with Crippen LogP contribution in [0.4, 0.5) is 0 Å². The van der Waals surface area contributed by atoms with Gasteiger partial charge in [-0.3, -0.25) is 4.99 Å². The molecule has 170 valence electrons. The number of unbranched alkanes of at least 4 members (excludes halogenated alkanes) is 14. The van der Waals surface area contributed by atoms with E-state index in [-0.39, 0.29) is 0 Å². The van der Waals surface area contributed by atoms with Crippen LogP contribution in [-0.4, -0.2) is 52.2 Å². The molecular formula is C24H46N2O3. The molecule has 0 aromatic carbocycles. The van der Waals surface area contributed by atoms with Gasteiger partial charge in [0.15, 0.2) is 6.04 Å². The van der Waals surface area contributed by atoms with Crippen LogP contribution in [0.15, 0.2) is 4.99 Å². The molecular weight excluding hydrogens is 364 g/mol. The first-order valence-corrected chi connectivity index (χ1v) is 12.3. The van der Waals surface area contributed by atoms with Gasteiger partial charge in [-0.05, 0) is 13.3 Å². The third-order valence-corrected chi connectivity index (χ3v) is 6.02. The van der Waals surface area contributed by atoms with Crippen molar-refractivity contribution < 1.29 is 15.0 Å². The van der Waals surface area contributed by atoms with Gasteiger partial charge in [0.2, 0.25) is 0 Å². The monoisotopic (exact) mass is 410 g/mol. The minimum absolute atomic E-state index is 0.607. The number of amidine groups is 1. The summed E-state index contributed by atoms with van der Waals surface area (Å²) in [5.41, 5.74) is 0. The molecule has 0 aliphatic carbocycles. The second-order valence-electron chi connectivity index (χ2n) is 8.71. The number of hydrogen-bond acceptors (Lipinski definition) is 4. The zero-order chi connectivity index (χ0) is 21.3. The zero-order valence-corrected chi connectivity index (χ0v) is 19.1. The molecule has 0 aromatic rings. The van der Waals surface area contributed by atoms with Crippen LogP contribution in [0.25, 0.3) is 0 Å². The molecule has 0 bridgehead atoms. The van der Waals surface area contributed by atoms with Gasteiger partial charge in [0.25, 0.3) is 0 Å². The third-order valence-electron chi connectivity index (χ3n) is 6.02. The quantitative estimate of drug-likeness (QED) is 0.264. The number of carboxylic acids is 1. The molecule has 2 atom stereocenters. The molecule has 0 saturated carbocycles. The van der Waals surface area contributed by atoms with Crippen molar-refractivity contribution in [1.82, 2.24) is 4.90 Å². The topological polar surface area (TPSA) is 73.1 Å². The van der Waals surface area contributed by atoms with Gasteiger partial charge in [-0.2, -0.15) is 0 Å². The Kier molecular flexibility index (Phi) is 14.9. The maximum Gasteiger partial charge on any atom is 0.329 e. The first-order chi connectivity index (χ1) is 14.1. The van der Waals surface area contributed by atoms with E-state index in [0.29, 0.717) is 13.1 Å². The van der Waals surface area contributed by atoms with E-state index in [0.717, 1.165) is 18.7 Å². The molecule has 2 unspecified atom stereocenters. The fraction of sp³-hybridized carbons (Fsp3) is 0.917. The van der Waals surface area contributed by atoms with Crippen molar-refractivity contribution in [3.8, 4) is 0 Å². The number of aliphatic imine (C=N–C) groups is 1. The number of carboxylic acid groups (broad SMARTS) is 1. The Morgan fingerprint density at radius 2 is 1.34 bits per heavy atom. The van der Waals surface area contributed by atoms with E-state index in [4.69, 9.17) is 0 Å². The molecule has 0 aromatic heterocycles. The summed E-state index contributed by atoms with van der Waals surface area (Å²) < 4.78 is 0. The van der Waals surface area contributed by atoms with Gasteiger partial charge in [0.1, 0.15) is 0 Å². The van der Waals surface area contributed by atoms with Gasteiger partial charge in [0, 0.05) is 13.0 Å². The highest BCUT2D eigenvalue weighted by molar-refractivity contribution is 5.88. The molecule has 0 spiro atoms. The number of carbonyl (C=O) groups is 1. The van der Waals surface area contributed by atoms with Crippen molar-refractivity contribution in [3.05, 3.63) is 0 Å². The first-order valence-electron chi connectivity index (χ1n) is 12.3. The van der Waals surface area contributed by atoms with E-state index < -0.39 is 18.1 Å². The summed E-state index contributed by atoms with van der Waals surface area (Å²) in [6, 6.07) is -0.868. The van der Waals surface area contributed by atoms with Crippen molar-refractivity contribution in [2.75, 3.05) is 13.1 Å². The lowest BCUT2D eigenvalue weighted by Gasteiger charge is -2.29. The molecule has 0 saturated heterocycles. The third kappa shape index (κ3) is 11.6. The van der Waals surface area contributed by atoms with Gasteiger partial charge < -0.3 is 15.1 Å². The Morgan fingerprint density at radius 3 is 1.76 bits per heavy atom. The minimum Gasteiger partial charge on any atom is -0.480 e. The lowest BCUT2D eigenvalue weighted by atomic mass is 10.0. The van der Waals surface area contributed by atoms with E-state index in [1.165, 1.54) is 89.9 Å². The first kappa shape index (κ1) is 25.9. The Bertz CT molecular complexity index is 451. The summed E-state index contributed by atoms with van der Waals surface area (Å²) in [4.78, 5) is 17.7. The molecule has 5 nitrogen and oxygen atoms in total. The van der Waals surface area contributed by atoms with E-state index >= 15 is 0 Å². The van der Waals surface area contributed by atoms with Crippen molar-refractivity contribution >= 4 is 11.8 Å². The summed E-state index contributed by atoms with van der Waals surface area (Å²) in [6.45, 7) is 5.07. The zero-order valence-electron chi connectivity index (χ0n) is 19.1. The summed E-state index contributed by atoms with van der Waals surface area (Å²) in [7, 11) is 0. The Balaban J connectivity index is 1.96. The van der Waals surface area contributed by atoms with E-state index in [9.17, 15) is 15.0 Å². The molecule has 1 heterocycles. The van der Waals surface area contributed by atoms with Gasteiger partial charge in [-0.25, -0.2) is 4.79 Å². The SMILES string of the molecule is CCCCCCCCCCCCCCCCCC1=NCCN1C(C(=O)O)C(C)O. The van der Waals surface area contributed by atoms with Crippen LogP contribution < -0.4 is 0 Å². The Morgan fingerprint density at radius 1 is 0.897 bits per heavy atom. The average Bonchev–Trinajstić information content (AvgIpc) is 3.12. The van der Waals surface area contributed by atoms with Crippen molar-refractivity contribution in [2.45, 2.75) is 129 Å². The van der Waals surface area contributed by atoms with Crippen LogP contribution in [0.1, 0.15) is 117 Å². The Hall–Kier alpha value is -1.10. The minimum atomic E-state index is -0.967. The largest absolute Gasteiger partial charge is 0.480 e. The van der Waals surface area contributed by atoms with Crippen LogP contribution in [-0.2, 0) is 4.79 Å². The summed E-state index contributed by atoms with van der Waals surface area (Å²) in [6.07, 6.45) is 20.1. The van der Waals surface area contributed by atoms with Gasteiger partial charge in [0.05, 0.1) is 18.5 Å². The number of aliphatic carboxylic acids is 1. The molecule has 1 aliphatic heterocycles. The number of nitrogens with zero attached hydrogens (tertiary/aromatic N) is 2. The second kappa shape index (κ2) is 16.7. The molecule has 0 amide bonds. The lowest BCUT2D eigenvalue weighted by Crippen LogP contribution is -2.49. The number of rotatable bonds is 19. The summed E-state index contributed by atoms with van der Waals surface area (Å²) >= 11 is 0. The molecule has 0 fully saturated rings. The lowest BCUT2D eigenvalue weighted by molar-refractivity contribution is -0.145. The molecule has 5 heteroatoms. The predicted octanol–water partition coefficient (Wildman–Crippen LogP) is 5.80. The highest BCUT2D eigenvalue weighted by Crippen LogP contribution is 2.17. The van der Waals surface area contributed by atoms with E-state index in [2.05, 4.69) is 11.9 Å². The van der Waals surface area contributed by atoms with Crippen LogP contribution in [0.3, 0.4) is 0 Å². The van der Waals surface area contributed by atoms with Crippen molar-refractivity contribution in [2.24, 2.45) is 4.99 Å². The summed E-state index contributed by atoms with van der Waals surface area (Å²) in [5.74, 6) is -0.0981.